The van der Waals surface area contributed by atoms with Crippen LogP contribution in [0.15, 0.2) is 31.0 Å². The Bertz CT molecular complexity index is 928. The van der Waals surface area contributed by atoms with Crippen LogP contribution in [0.1, 0.15) is 43.1 Å². The van der Waals surface area contributed by atoms with Crippen LogP contribution in [0, 0.1) is 0 Å². The Kier molecular flexibility index (Phi) is 5.36. The third-order valence-electron chi connectivity index (χ3n) is 4.93. The number of hydrogen-bond acceptors (Lipinski definition) is 6. The van der Waals surface area contributed by atoms with Crippen LogP contribution in [0.4, 0.5) is 0 Å². The van der Waals surface area contributed by atoms with Gasteiger partial charge < -0.3 is 20.1 Å². The molecular formula is C19H24N6O3. The molecule has 0 unspecified atom stereocenters. The number of nitrogens with one attached hydrogen (secondary N) is 2. The number of aliphatic hydroxyl groups is 1. The summed E-state index contributed by atoms with van der Waals surface area (Å²) in [4.78, 5) is 28.9. The van der Waals surface area contributed by atoms with Crippen molar-refractivity contribution >= 4 is 16.9 Å². The van der Waals surface area contributed by atoms with E-state index in [2.05, 4.69) is 25.3 Å². The van der Waals surface area contributed by atoms with Crippen molar-refractivity contribution in [3.63, 3.8) is 0 Å². The topological polar surface area (TPSA) is 118 Å². The summed E-state index contributed by atoms with van der Waals surface area (Å²) < 4.78 is 7.36. The number of carbonyl (C=O) groups is 1. The standard InChI is InChI=1S/C19H24N6O3/c1-12(26)10-28-14-4-2-13(3-5-14)22-18(27)17-16-15(6-7-21-16)23-19(24-17)25-9-8-20-11-25/h6-9,11-14,21,26H,2-5,10H2,1H3,(H,22,27)/t12-,13-,14-/m0/s1. The summed E-state index contributed by atoms with van der Waals surface area (Å²) in [6.07, 6.45) is 9.81. The molecule has 3 N–H and O–H groups in total. The molecule has 0 radical (unpaired) electrons. The number of hydrogen-bond donors (Lipinski definition) is 3. The molecule has 148 valence electrons. The first kappa shape index (κ1) is 18.6. The van der Waals surface area contributed by atoms with E-state index in [4.69, 9.17) is 4.74 Å². The quantitative estimate of drug-likeness (QED) is 0.594. The van der Waals surface area contributed by atoms with Gasteiger partial charge in [-0.2, -0.15) is 0 Å². The number of amides is 1. The molecule has 3 aromatic heterocycles. The Morgan fingerprint density at radius 3 is 2.93 bits per heavy atom. The fraction of sp³-hybridized carbons (Fsp3) is 0.474. The Hall–Kier alpha value is -2.78. The molecule has 3 heterocycles. The first-order valence-electron chi connectivity index (χ1n) is 9.54. The molecule has 1 saturated carbocycles. The van der Waals surface area contributed by atoms with Gasteiger partial charge in [0.05, 0.1) is 29.8 Å². The molecule has 4 rings (SSSR count). The Morgan fingerprint density at radius 2 is 2.21 bits per heavy atom. The largest absolute Gasteiger partial charge is 0.391 e. The highest BCUT2D eigenvalue weighted by Gasteiger charge is 2.25. The maximum atomic E-state index is 12.9. The number of aromatic nitrogens is 5. The lowest BCUT2D eigenvalue weighted by Crippen LogP contribution is -2.40. The number of nitrogens with zero attached hydrogens (tertiary/aromatic N) is 4. The van der Waals surface area contributed by atoms with Gasteiger partial charge in [0.25, 0.3) is 5.91 Å². The number of aliphatic hydroxyl groups excluding tert-OH is 1. The minimum Gasteiger partial charge on any atom is -0.391 e. The van der Waals surface area contributed by atoms with Crippen molar-refractivity contribution in [1.82, 2.24) is 29.8 Å². The molecule has 3 aromatic rings. The first-order chi connectivity index (χ1) is 13.6. The van der Waals surface area contributed by atoms with Crippen molar-refractivity contribution in [2.45, 2.75) is 50.9 Å². The van der Waals surface area contributed by atoms with Gasteiger partial charge in [-0.3, -0.25) is 9.36 Å². The third-order valence-corrected chi connectivity index (χ3v) is 4.93. The summed E-state index contributed by atoms with van der Waals surface area (Å²) in [5.41, 5.74) is 1.63. The molecule has 0 aliphatic heterocycles. The smallest absolute Gasteiger partial charge is 0.272 e. The number of ether oxygens (including phenoxy) is 1. The SMILES string of the molecule is C[C@H](O)CO[C@H]1CC[C@H](NC(=O)c2nc(-n3ccnc3)nc3cc[nH]c23)CC1. The van der Waals surface area contributed by atoms with Crippen LogP contribution < -0.4 is 5.32 Å². The van der Waals surface area contributed by atoms with E-state index in [1.165, 1.54) is 0 Å². The second kappa shape index (κ2) is 8.07. The van der Waals surface area contributed by atoms with Gasteiger partial charge in [0.15, 0.2) is 5.69 Å². The second-order valence-electron chi connectivity index (χ2n) is 7.21. The van der Waals surface area contributed by atoms with E-state index in [1.807, 2.05) is 6.07 Å². The second-order valence-corrected chi connectivity index (χ2v) is 7.21. The molecule has 1 aliphatic rings. The molecule has 9 heteroatoms. The van der Waals surface area contributed by atoms with Crippen LogP contribution in [-0.2, 0) is 4.74 Å². The third kappa shape index (κ3) is 4.05. The average Bonchev–Trinajstić information content (AvgIpc) is 3.38. The van der Waals surface area contributed by atoms with Crippen molar-refractivity contribution in [3.8, 4) is 5.95 Å². The van der Waals surface area contributed by atoms with E-state index in [9.17, 15) is 9.90 Å². The maximum absolute atomic E-state index is 12.9. The maximum Gasteiger partial charge on any atom is 0.272 e. The molecule has 9 nitrogen and oxygen atoms in total. The lowest BCUT2D eigenvalue weighted by molar-refractivity contribution is -0.0210. The first-order valence-corrected chi connectivity index (χ1v) is 9.54. The van der Waals surface area contributed by atoms with Crippen molar-refractivity contribution in [3.05, 3.63) is 36.7 Å². The summed E-state index contributed by atoms with van der Waals surface area (Å²) in [7, 11) is 0. The van der Waals surface area contributed by atoms with Crippen molar-refractivity contribution in [1.29, 1.82) is 0 Å². The summed E-state index contributed by atoms with van der Waals surface area (Å²) in [5, 5.41) is 12.4. The molecule has 0 bridgehead atoms. The monoisotopic (exact) mass is 384 g/mol. The average molecular weight is 384 g/mol. The molecule has 1 amide bonds. The Balaban J connectivity index is 1.45. The minimum absolute atomic E-state index is 0.0792. The van der Waals surface area contributed by atoms with Crippen LogP contribution in [-0.4, -0.2) is 60.4 Å². The molecule has 1 aliphatic carbocycles. The van der Waals surface area contributed by atoms with E-state index in [0.717, 1.165) is 25.7 Å². The predicted molar refractivity (Wildman–Crippen MR) is 102 cm³/mol. The lowest BCUT2D eigenvalue weighted by atomic mass is 9.93. The highest BCUT2D eigenvalue weighted by molar-refractivity contribution is 6.03. The van der Waals surface area contributed by atoms with Gasteiger partial charge in [-0.1, -0.05) is 0 Å². The van der Waals surface area contributed by atoms with Gasteiger partial charge in [0.2, 0.25) is 5.95 Å². The fourth-order valence-electron chi connectivity index (χ4n) is 3.49. The van der Waals surface area contributed by atoms with Crippen LogP contribution in [0.25, 0.3) is 17.0 Å². The molecule has 0 spiro atoms. The number of carbonyl (C=O) groups excluding carboxylic acids is 1. The summed E-state index contributed by atoms with van der Waals surface area (Å²) in [6.45, 7) is 2.07. The van der Waals surface area contributed by atoms with Gasteiger partial charge in [-0.15, -0.1) is 0 Å². The molecule has 0 aromatic carbocycles. The van der Waals surface area contributed by atoms with Gasteiger partial charge in [0, 0.05) is 24.6 Å². The molecule has 0 saturated heterocycles. The van der Waals surface area contributed by atoms with Gasteiger partial charge >= 0.3 is 0 Å². The molecule has 1 fully saturated rings. The summed E-state index contributed by atoms with van der Waals surface area (Å²) >= 11 is 0. The van der Waals surface area contributed by atoms with Crippen molar-refractivity contribution < 1.29 is 14.6 Å². The van der Waals surface area contributed by atoms with E-state index in [-0.39, 0.29) is 18.1 Å². The normalized spacial score (nSPS) is 20.9. The Labute approximate surface area is 162 Å². The minimum atomic E-state index is -0.455. The van der Waals surface area contributed by atoms with Gasteiger partial charge in [-0.25, -0.2) is 15.0 Å². The van der Waals surface area contributed by atoms with Crippen LogP contribution >= 0.6 is 0 Å². The zero-order valence-electron chi connectivity index (χ0n) is 15.7. The van der Waals surface area contributed by atoms with Crippen LogP contribution in [0.5, 0.6) is 0 Å². The van der Waals surface area contributed by atoms with Gasteiger partial charge in [-0.05, 0) is 38.7 Å². The summed E-state index contributed by atoms with van der Waals surface area (Å²) in [5.74, 6) is 0.189. The molecule has 1 atom stereocenters. The van der Waals surface area contributed by atoms with Crippen molar-refractivity contribution in [2.75, 3.05) is 6.61 Å². The van der Waals surface area contributed by atoms with E-state index in [1.54, 1.807) is 36.4 Å². The van der Waals surface area contributed by atoms with Crippen LogP contribution in [0.3, 0.4) is 0 Å². The van der Waals surface area contributed by atoms with E-state index in [0.29, 0.717) is 29.3 Å². The van der Waals surface area contributed by atoms with Crippen molar-refractivity contribution in [2.24, 2.45) is 0 Å². The number of aromatic amines is 1. The zero-order chi connectivity index (χ0) is 19.5. The Morgan fingerprint density at radius 1 is 1.39 bits per heavy atom. The highest BCUT2D eigenvalue weighted by Crippen LogP contribution is 2.22. The summed E-state index contributed by atoms with van der Waals surface area (Å²) in [6, 6.07) is 1.90. The lowest BCUT2D eigenvalue weighted by Gasteiger charge is -2.29. The van der Waals surface area contributed by atoms with E-state index < -0.39 is 6.10 Å². The number of imidazole rings is 1. The number of fused-ring (bicyclic) bond motifs is 1. The fourth-order valence-corrected chi connectivity index (χ4v) is 3.49. The zero-order valence-corrected chi connectivity index (χ0v) is 15.7. The molecular weight excluding hydrogens is 360 g/mol. The molecule has 28 heavy (non-hydrogen) atoms. The number of rotatable bonds is 6. The van der Waals surface area contributed by atoms with E-state index >= 15 is 0 Å². The van der Waals surface area contributed by atoms with Gasteiger partial charge in [0.1, 0.15) is 6.33 Å². The predicted octanol–water partition coefficient (Wildman–Crippen LogP) is 1.58. The van der Waals surface area contributed by atoms with Crippen LogP contribution in [0.2, 0.25) is 0 Å². The highest BCUT2D eigenvalue weighted by atomic mass is 16.5. The number of H-pyrrole nitrogens is 1.